The molecule has 102 valence electrons. The molecular formula is C10H15BrN2O2S3. The van der Waals surface area contributed by atoms with Gasteiger partial charge in [0.15, 0.2) is 0 Å². The number of sulfonamides is 1. The third-order valence-electron chi connectivity index (χ3n) is 2.71. The maximum atomic E-state index is 12.5. The predicted octanol–water partition coefficient (Wildman–Crippen LogP) is 2.10. The smallest absolute Gasteiger partial charge is 0.245 e. The lowest BCUT2D eigenvalue weighted by Gasteiger charge is -2.19. The summed E-state index contributed by atoms with van der Waals surface area (Å²) in [7, 11) is -3.38. The van der Waals surface area contributed by atoms with E-state index in [0.717, 1.165) is 22.8 Å². The summed E-state index contributed by atoms with van der Waals surface area (Å²) in [6.45, 7) is 1.57. The Bertz CT molecular complexity index is 507. The first kappa shape index (κ1) is 14.8. The van der Waals surface area contributed by atoms with Gasteiger partial charge in [-0.05, 0) is 34.2 Å². The first-order chi connectivity index (χ1) is 8.55. The minimum atomic E-state index is -3.38. The van der Waals surface area contributed by atoms with E-state index in [1.807, 2.05) is 11.8 Å². The van der Waals surface area contributed by atoms with Crippen LogP contribution < -0.4 is 5.73 Å². The molecule has 2 rings (SSSR count). The van der Waals surface area contributed by atoms with E-state index < -0.39 is 10.0 Å². The summed E-state index contributed by atoms with van der Waals surface area (Å²) in [6, 6.07) is 1.68. The molecule has 2 heterocycles. The Morgan fingerprint density at radius 1 is 1.39 bits per heavy atom. The van der Waals surface area contributed by atoms with Crippen molar-refractivity contribution in [3.8, 4) is 0 Å². The van der Waals surface area contributed by atoms with Crippen LogP contribution in [0.2, 0.25) is 0 Å². The summed E-state index contributed by atoms with van der Waals surface area (Å²) in [4.78, 5) is 1.24. The van der Waals surface area contributed by atoms with Gasteiger partial charge in [0.1, 0.15) is 4.90 Å². The van der Waals surface area contributed by atoms with Gasteiger partial charge in [0, 0.05) is 30.3 Å². The van der Waals surface area contributed by atoms with Crippen LogP contribution in [0.5, 0.6) is 0 Å². The molecule has 1 aliphatic heterocycles. The predicted molar refractivity (Wildman–Crippen MR) is 80.6 cm³/mol. The van der Waals surface area contributed by atoms with Crippen molar-refractivity contribution in [3.63, 3.8) is 0 Å². The number of hydrogen-bond donors (Lipinski definition) is 1. The molecule has 4 nitrogen and oxygen atoms in total. The van der Waals surface area contributed by atoms with Gasteiger partial charge in [-0.3, -0.25) is 0 Å². The van der Waals surface area contributed by atoms with E-state index in [2.05, 4.69) is 15.9 Å². The van der Waals surface area contributed by atoms with E-state index in [1.54, 1.807) is 10.4 Å². The van der Waals surface area contributed by atoms with Crippen LogP contribution in [0.25, 0.3) is 0 Å². The molecule has 1 aromatic rings. The van der Waals surface area contributed by atoms with Crippen LogP contribution in [0, 0.1) is 0 Å². The first-order valence-corrected chi connectivity index (χ1v) is 9.82. The largest absolute Gasteiger partial charge is 0.326 e. The highest BCUT2D eigenvalue weighted by atomic mass is 79.9. The standard InChI is InChI=1S/C10H15BrN2O2S3/c11-10-9(6-8(7-12)17-10)18(14,15)13-2-1-4-16-5-3-13/h6H,1-5,7,12H2. The van der Waals surface area contributed by atoms with E-state index in [9.17, 15) is 8.42 Å². The topological polar surface area (TPSA) is 63.4 Å². The van der Waals surface area contributed by atoms with Gasteiger partial charge in [-0.2, -0.15) is 16.1 Å². The molecule has 2 N–H and O–H groups in total. The molecule has 0 unspecified atom stereocenters. The van der Waals surface area contributed by atoms with Crippen LogP contribution in [-0.4, -0.2) is 37.3 Å². The number of nitrogens with two attached hydrogens (primary N) is 1. The van der Waals surface area contributed by atoms with Gasteiger partial charge in [0.25, 0.3) is 0 Å². The summed E-state index contributed by atoms with van der Waals surface area (Å²) in [6.07, 6.45) is 0.912. The summed E-state index contributed by atoms with van der Waals surface area (Å²) in [5.74, 6) is 1.90. The quantitative estimate of drug-likeness (QED) is 0.884. The highest BCUT2D eigenvalue weighted by Gasteiger charge is 2.28. The normalized spacial score (nSPS) is 18.8. The zero-order valence-electron chi connectivity index (χ0n) is 9.76. The minimum absolute atomic E-state index is 0.361. The molecule has 8 heteroatoms. The molecule has 0 spiro atoms. The number of halogens is 1. The van der Waals surface area contributed by atoms with Crippen LogP contribution in [0.15, 0.2) is 14.7 Å². The average molecular weight is 371 g/mol. The van der Waals surface area contributed by atoms with Crippen molar-refractivity contribution in [2.75, 3.05) is 24.6 Å². The molecule has 0 amide bonds. The van der Waals surface area contributed by atoms with Crippen LogP contribution in [0.4, 0.5) is 0 Å². The van der Waals surface area contributed by atoms with E-state index in [-0.39, 0.29) is 0 Å². The van der Waals surface area contributed by atoms with Gasteiger partial charge in [-0.25, -0.2) is 8.42 Å². The monoisotopic (exact) mass is 370 g/mol. The van der Waals surface area contributed by atoms with Gasteiger partial charge in [-0.15, -0.1) is 11.3 Å². The SMILES string of the molecule is NCc1cc(S(=O)(=O)N2CCCSCC2)c(Br)s1. The molecule has 0 aliphatic carbocycles. The average Bonchev–Trinajstić information content (AvgIpc) is 2.55. The third-order valence-corrected chi connectivity index (χ3v) is 7.93. The van der Waals surface area contributed by atoms with Crippen LogP contribution >= 0.6 is 39.0 Å². The minimum Gasteiger partial charge on any atom is -0.326 e. The molecule has 0 aromatic carbocycles. The zero-order valence-corrected chi connectivity index (χ0v) is 13.8. The molecule has 1 aliphatic rings. The fourth-order valence-electron chi connectivity index (χ4n) is 1.78. The van der Waals surface area contributed by atoms with Crippen molar-refractivity contribution >= 4 is 49.1 Å². The van der Waals surface area contributed by atoms with Crippen molar-refractivity contribution in [2.45, 2.75) is 17.9 Å². The molecule has 1 aromatic heterocycles. The fourth-order valence-corrected chi connectivity index (χ4v) is 6.77. The molecule has 0 radical (unpaired) electrons. The van der Waals surface area contributed by atoms with E-state index in [0.29, 0.717) is 28.3 Å². The van der Waals surface area contributed by atoms with E-state index in [4.69, 9.17) is 5.73 Å². The number of thiophene rings is 1. The Kier molecular flexibility index (Phi) is 5.13. The van der Waals surface area contributed by atoms with Gasteiger partial charge >= 0.3 is 0 Å². The summed E-state index contributed by atoms with van der Waals surface area (Å²) in [5.41, 5.74) is 5.56. The lowest BCUT2D eigenvalue weighted by Crippen LogP contribution is -2.32. The summed E-state index contributed by atoms with van der Waals surface area (Å²) in [5, 5.41) is 0. The molecule has 0 saturated carbocycles. The Morgan fingerprint density at radius 2 is 2.17 bits per heavy atom. The highest BCUT2D eigenvalue weighted by molar-refractivity contribution is 9.11. The maximum absolute atomic E-state index is 12.5. The number of rotatable bonds is 3. The molecule has 1 saturated heterocycles. The highest BCUT2D eigenvalue weighted by Crippen LogP contribution is 2.33. The van der Waals surface area contributed by atoms with Crippen LogP contribution in [0.3, 0.4) is 0 Å². The van der Waals surface area contributed by atoms with Crippen LogP contribution in [0.1, 0.15) is 11.3 Å². The molecule has 0 atom stereocenters. The number of thioether (sulfide) groups is 1. The lowest BCUT2D eigenvalue weighted by atomic mass is 10.5. The van der Waals surface area contributed by atoms with Crippen LogP contribution in [-0.2, 0) is 16.6 Å². The third kappa shape index (κ3) is 3.10. The Hall–Kier alpha value is 0.400. The van der Waals surface area contributed by atoms with Gasteiger partial charge < -0.3 is 5.73 Å². The molecular weight excluding hydrogens is 356 g/mol. The zero-order chi connectivity index (χ0) is 13.2. The number of nitrogens with zero attached hydrogens (tertiary/aromatic N) is 1. The van der Waals surface area contributed by atoms with Gasteiger partial charge in [-0.1, -0.05) is 0 Å². The Balaban J connectivity index is 2.31. The van der Waals surface area contributed by atoms with Crippen molar-refractivity contribution in [1.82, 2.24) is 4.31 Å². The summed E-state index contributed by atoms with van der Waals surface area (Å²) >= 11 is 6.53. The van der Waals surface area contributed by atoms with Crippen molar-refractivity contribution < 1.29 is 8.42 Å². The second-order valence-electron chi connectivity index (χ2n) is 3.92. The van der Waals surface area contributed by atoms with Crippen molar-refractivity contribution in [3.05, 3.63) is 14.7 Å². The summed E-state index contributed by atoms with van der Waals surface area (Å²) < 4.78 is 27.3. The molecule has 0 bridgehead atoms. The molecule has 1 fully saturated rings. The van der Waals surface area contributed by atoms with E-state index in [1.165, 1.54) is 11.3 Å². The fraction of sp³-hybridized carbons (Fsp3) is 0.600. The van der Waals surface area contributed by atoms with Crippen molar-refractivity contribution in [2.24, 2.45) is 5.73 Å². The van der Waals surface area contributed by atoms with Crippen molar-refractivity contribution in [1.29, 1.82) is 0 Å². The Morgan fingerprint density at radius 3 is 2.83 bits per heavy atom. The first-order valence-electron chi connectivity index (χ1n) is 5.62. The maximum Gasteiger partial charge on any atom is 0.245 e. The molecule has 18 heavy (non-hydrogen) atoms. The second kappa shape index (κ2) is 6.23. The van der Waals surface area contributed by atoms with E-state index >= 15 is 0 Å². The number of hydrogen-bond acceptors (Lipinski definition) is 5. The Labute approximate surface area is 124 Å². The van der Waals surface area contributed by atoms with Gasteiger partial charge in [0.2, 0.25) is 10.0 Å². The second-order valence-corrected chi connectivity index (χ2v) is 9.51. The lowest BCUT2D eigenvalue weighted by molar-refractivity contribution is 0.435. The van der Waals surface area contributed by atoms with Gasteiger partial charge in [0.05, 0.1) is 3.79 Å².